The van der Waals surface area contributed by atoms with Crippen LogP contribution >= 0.6 is 0 Å². The molecule has 0 aliphatic carbocycles. The van der Waals surface area contributed by atoms with Crippen molar-refractivity contribution in [3.8, 4) is 0 Å². The molecule has 4 nitrogen and oxygen atoms in total. The molecule has 0 spiro atoms. The smallest absolute Gasteiger partial charge is 0.550 e. The summed E-state index contributed by atoms with van der Waals surface area (Å²) in [4.78, 5) is 19.0. The minimum atomic E-state index is -1.37. The molecule has 0 heterocycles. The summed E-state index contributed by atoms with van der Waals surface area (Å²) in [5, 5.41) is 19.0. The van der Waals surface area contributed by atoms with Gasteiger partial charge in [-0.05, 0) is 12.8 Å². The molecule has 0 rings (SSSR count). The van der Waals surface area contributed by atoms with E-state index >= 15 is 0 Å². The Morgan fingerprint density at radius 3 is 1.33 bits per heavy atom. The normalized spacial score (nSPS) is 7.56. The number of carbonyl (C=O) groups is 2. The van der Waals surface area contributed by atoms with Crippen molar-refractivity contribution >= 4 is 11.9 Å². The van der Waals surface area contributed by atoms with Gasteiger partial charge in [0.15, 0.2) is 0 Å². The number of hydrogen-bond donors (Lipinski definition) is 0. The Labute approximate surface area is 72.0 Å². The van der Waals surface area contributed by atoms with Crippen LogP contribution in [0.25, 0.3) is 0 Å². The number of rotatable bonds is 3. The zero-order valence-corrected chi connectivity index (χ0v) is 8.79. The summed E-state index contributed by atoms with van der Waals surface area (Å²) >= 11 is 0. The van der Waals surface area contributed by atoms with E-state index in [9.17, 15) is 19.8 Å². The molecule has 0 fully saturated rings. The van der Waals surface area contributed by atoms with Crippen molar-refractivity contribution in [2.24, 2.45) is 0 Å². The van der Waals surface area contributed by atoms with Gasteiger partial charge in [0.05, 0.1) is 0 Å². The molecule has 0 saturated carbocycles. The molecule has 46 valence electrons. The van der Waals surface area contributed by atoms with Gasteiger partial charge in [0.25, 0.3) is 0 Å². The molecule has 0 unspecified atom stereocenters. The van der Waals surface area contributed by atoms with Crippen molar-refractivity contribution in [3.63, 3.8) is 0 Å². The molecule has 0 aromatic heterocycles. The van der Waals surface area contributed by atoms with E-state index in [2.05, 4.69) is 0 Å². The van der Waals surface area contributed by atoms with Gasteiger partial charge in [0.1, 0.15) is 0 Å². The molecular formula is C4H4CdO4. The van der Waals surface area contributed by atoms with Gasteiger partial charge in [-0.15, -0.1) is 0 Å². The average molecular weight is 228 g/mol. The third-order valence-corrected chi connectivity index (χ3v) is 0.533. The quantitative estimate of drug-likeness (QED) is 0.491. The SMILES string of the molecule is O=C([O-])CCC(=O)[O-].[Cd+2]. The van der Waals surface area contributed by atoms with Crippen LogP contribution in [0.3, 0.4) is 0 Å². The van der Waals surface area contributed by atoms with Gasteiger partial charge < -0.3 is 19.8 Å². The summed E-state index contributed by atoms with van der Waals surface area (Å²) in [6.45, 7) is 0. The summed E-state index contributed by atoms with van der Waals surface area (Å²) in [5.41, 5.74) is 0. The molecule has 0 aliphatic heterocycles. The number of carboxylic acids is 2. The first-order valence-corrected chi connectivity index (χ1v) is 2.02. The fraction of sp³-hybridized carbons (Fsp3) is 0.500. The first-order valence-electron chi connectivity index (χ1n) is 2.02. The Bertz CT molecular complexity index is 97.1. The third-order valence-electron chi connectivity index (χ3n) is 0.533. The molecule has 0 N–H and O–H groups in total. The fourth-order valence-corrected chi connectivity index (χ4v) is 0.204. The standard InChI is InChI=1S/C4H6O4.Cd/c5-3(6)1-2-4(7)8;/h1-2H2,(H,5,6)(H,7,8);/q;+2/p-2. The summed E-state index contributed by atoms with van der Waals surface area (Å²) < 4.78 is 0. The number of aliphatic carboxylic acids is 2. The Morgan fingerprint density at radius 1 is 1.00 bits per heavy atom. The van der Waals surface area contributed by atoms with Gasteiger partial charge in [-0.3, -0.25) is 0 Å². The topological polar surface area (TPSA) is 80.3 Å². The van der Waals surface area contributed by atoms with Crippen LogP contribution < -0.4 is 10.2 Å². The Balaban J connectivity index is 0. The number of carboxylic acid groups (broad SMARTS) is 2. The van der Waals surface area contributed by atoms with Crippen molar-refractivity contribution in [1.82, 2.24) is 0 Å². The maximum Gasteiger partial charge on any atom is 2.00 e. The van der Waals surface area contributed by atoms with Crippen LogP contribution in [0.1, 0.15) is 12.8 Å². The summed E-state index contributed by atoms with van der Waals surface area (Å²) in [5.74, 6) is -2.73. The molecule has 0 atom stereocenters. The van der Waals surface area contributed by atoms with E-state index < -0.39 is 24.8 Å². The van der Waals surface area contributed by atoms with Crippen molar-refractivity contribution in [2.75, 3.05) is 0 Å². The summed E-state index contributed by atoms with van der Waals surface area (Å²) in [6.07, 6.45) is -0.940. The van der Waals surface area contributed by atoms with Gasteiger partial charge in [-0.1, -0.05) is 0 Å². The third kappa shape index (κ3) is 11.4. The van der Waals surface area contributed by atoms with Gasteiger partial charge >= 0.3 is 27.3 Å². The van der Waals surface area contributed by atoms with Crippen LogP contribution in [0.2, 0.25) is 0 Å². The Kier molecular flexibility index (Phi) is 7.74. The molecular weight excluding hydrogens is 224 g/mol. The molecule has 0 saturated heterocycles. The van der Waals surface area contributed by atoms with Gasteiger partial charge in [0.2, 0.25) is 0 Å². The molecule has 0 bridgehead atoms. The average Bonchev–Trinajstić information content (AvgIpc) is 1.61. The van der Waals surface area contributed by atoms with Crippen molar-refractivity contribution in [1.29, 1.82) is 0 Å². The van der Waals surface area contributed by atoms with Crippen molar-refractivity contribution in [3.05, 3.63) is 0 Å². The zero-order valence-electron chi connectivity index (χ0n) is 4.75. The Morgan fingerprint density at radius 2 is 1.22 bits per heavy atom. The van der Waals surface area contributed by atoms with Crippen LogP contribution in [0.5, 0.6) is 0 Å². The van der Waals surface area contributed by atoms with E-state index in [0.717, 1.165) is 0 Å². The number of carbonyl (C=O) groups excluding carboxylic acids is 2. The van der Waals surface area contributed by atoms with Crippen LogP contribution in [-0.4, -0.2) is 11.9 Å². The number of hydrogen-bond acceptors (Lipinski definition) is 4. The predicted octanol–water partition coefficient (Wildman–Crippen LogP) is -2.74. The van der Waals surface area contributed by atoms with Crippen molar-refractivity contribution in [2.45, 2.75) is 12.8 Å². The van der Waals surface area contributed by atoms with E-state index in [-0.39, 0.29) is 27.3 Å². The van der Waals surface area contributed by atoms with Gasteiger partial charge in [-0.25, -0.2) is 0 Å². The van der Waals surface area contributed by atoms with E-state index in [0.29, 0.717) is 0 Å². The van der Waals surface area contributed by atoms with E-state index in [4.69, 9.17) is 0 Å². The minimum Gasteiger partial charge on any atom is -0.550 e. The Hall–Kier alpha value is -0.138. The second-order valence-electron chi connectivity index (χ2n) is 1.24. The van der Waals surface area contributed by atoms with Crippen LogP contribution in [-0.2, 0) is 36.9 Å². The fourth-order valence-electron chi connectivity index (χ4n) is 0.204. The first kappa shape index (κ1) is 11.6. The maximum atomic E-state index is 9.50. The van der Waals surface area contributed by atoms with Gasteiger partial charge in [-0.2, -0.15) is 0 Å². The largest absolute Gasteiger partial charge is 2.00 e. The van der Waals surface area contributed by atoms with Crippen LogP contribution in [0.15, 0.2) is 0 Å². The second-order valence-corrected chi connectivity index (χ2v) is 1.24. The summed E-state index contributed by atoms with van der Waals surface area (Å²) in [7, 11) is 0. The minimum absolute atomic E-state index is 0. The van der Waals surface area contributed by atoms with Crippen molar-refractivity contribution < 1.29 is 47.1 Å². The van der Waals surface area contributed by atoms with E-state index in [1.807, 2.05) is 0 Å². The van der Waals surface area contributed by atoms with E-state index in [1.165, 1.54) is 0 Å². The monoisotopic (exact) mass is 230 g/mol. The molecule has 0 radical (unpaired) electrons. The zero-order chi connectivity index (χ0) is 6.57. The molecule has 9 heavy (non-hydrogen) atoms. The molecule has 0 aromatic rings. The summed E-state index contributed by atoms with van der Waals surface area (Å²) in [6, 6.07) is 0. The predicted molar refractivity (Wildman–Crippen MR) is 19.2 cm³/mol. The van der Waals surface area contributed by atoms with Crippen LogP contribution in [0, 0.1) is 0 Å². The molecule has 0 aliphatic rings. The van der Waals surface area contributed by atoms with E-state index in [1.54, 1.807) is 0 Å². The molecule has 0 aromatic carbocycles. The second kappa shape index (κ2) is 5.99. The molecule has 5 heteroatoms. The van der Waals surface area contributed by atoms with Crippen LogP contribution in [0.4, 0.5) is 0 Å². The van der Waals surface area contributed by atoms with Gasteiger partial charge in [0, 0.05) is 11.9 Å². The molecule has 0 amide bonds. The first-order chi connectivity index (χ1) is 3.63. The maximum absolute atomic E-state index is 9.50.